The number of aromatic nitrogens is 2. The minimum Gasteiger partial charge on any atom is -0.486 e. The molecular formula is C18H19N3O7. The highest BCUT2D eigenvalue weighted by Gasteiger charge is 2.16. The van der Waals surface area contributed by atoms with Gasteiger partial charge in [0.15, 0.2) is 18.1 Å². The van der Waals surface area contributed by atoms with Gasteiger partial charge in [-0.15, -0.1) is 0 Å². The average Bonchev–Trinajstić information content (AvgIpc) is 2.68. The summed E-state index contributed by atoms with van der Waals surface area (Å²) in [4.78, 5) is 48.3. The van der Waals surface area contributed by atoms with Gasteiger partial charge in [0.2, 0.25) is 0 Å². The predicted molar refractivity (Wildman–Crippen MR) is 96.3 cm³/mol. The molecule has 0 fully saturated rings. The number of H-pyrrole nitrogens is 1. The fraction of sp³-hybridized carbons (Fsp3) is 0.333. The number of nitrogens with zero attached hydrogens (tertiary/aromatic N) is 1. The van der Waals surface area contributed by atoms with Crippen LogP contribution in [0.1, 0.15) is 18.5 Å². The monoisotopic (exact) mass is 389 g/mol. The highest BCUT2D eigenvalue weighted by molar-refractivity contribution is 5.80. The van der Waals surface area contributed by atoms with Crippen LogP contribution in [0.3, 0.4) is 0 Å². The summed E-state index contributed by atoms with van der Waals surface area (Å²) in [6.45, 7) is 1.83. The summed E-state index contributed by atoms with van der Waals surface area (Å²) in [5.41, 5.74) is -0.494. The second-order valence-corrected chi connectivity index (χ2v) is 6.09. The summed E-state index contributed by atoms with van der Waals surface area (Å²) in [5.74, 6) is -0.0107. The highest BCUT2D eigenvalue weighted by atomic mass is 16.6. The van der Waals surface area contributed by atoms with Gasteiger partial charge in [-0.05, 0) is 24.6 Å². The third-order valence-corrected chi connectivity index (χ3v) is 4.00. The van der Waals surface area contributed by atoms with Gasteiger partial charge in [0, 0.05) is 12.3 Å². The topological polar surface area (TPSA) is 129 Å². The Kier molecular flexibility index (Phi) is 5.78. The molecule has 0 aliphatic carbocycles. The van der Waals surface area contributed by atoms with E-state index in [0.29, 0.717) is 24.7 Å². The van der Waals surface area contributed by atoms with Crippen molar-refractivity contribution in [1.29, 1.82) is 0 Å². The lowest BCUT2D eigenvalue weighted by molar-refractivity contribution is -0.149. The maximum atomic E-state index is 12.0. The maximum absolute atomic E-state index is 12.0. The molecule has 1 aromatic heterocycles. The summed E-state index contributed by atoms with van der Waals surface area (Å²) in [5, 5.41) is 2.71. The molecular weight excluding hydrogens is 370 g/mol. The van der Waals surface area contributed by atoms with Crippen molar-refractivity contribution in [3.05, 3.63) is 56.9 Å². The van der Waals surface area contributed by atoms with Crippen molar-refractivity contribution in [2.45, 2.75) is 19.5 Å². The second-order valence-electron chi connectivity index (χ2n) is 6.09. The summed E-state index contributed by atoms with van der Waals surface area (Å²) in [7, 11) is 0. The van der Waals surface area contributed by atoms with E-state index in [-0.39, 0.29) is 6.04 Å². The van der Waals surface area contributed by atoms with E-state index in [0.717, 1.165) is 16.2 Å². The number of benzene rings is 1. The molecule has 2 N–H and O–H groups in total. The Morgan fingerprint density at radius 2 is 1.96 bits per heavy atom. The summed E-state index contributed by atoms with van der Waals surface area (Å²) in [6.07, 6.45) is 1.17. The zero-order valence-electron chi connectivity index (χ0n) is 15.1. The van der Waals surface area contributed by atoms with Crippen LogP contribution < -0.4 is 26.0 Å². The molecule has 10 nitrogen and oxygen atoms in total. The first-order valence-corrected chi connectivity index (χ1v) is 8.56. The molecule has 1 aromatic carbocycles. The standard InChI is InChI=1S/C18H19N3O7/c1-11(12-2-3-13-14(8-12)27-7-6-26-13)19-16(23)10-28-17(24)9-21-5-4-15(22)20-18(21)25/h2-5,8,11H,6-7,9-10H2,1H3,(H,19,23)(H,20,22,25)/t11-/m0/s1. The molecule has 10 heteroatoms. The van der Waals surface area contributed by atoms with Gasteiger partial charge in [0.25, 0.3) is 11.5 Å². The minimum absolute atomic E-state index is 0.344. The number of carbonyl (C=O) groups is 2. The molecule has 0 saturated carbocycles. The second kappa shape index (κ2) is 8.42. The van der Waals surface area contributed by atoms with Gasteiger partial charge in [0.1, 0.15) is 19.8 Å². The number of hydrogen-bond acceptors (Lipinski definition) is 7. The number of esters is 1. The van der Waals surface area contributed by atoms with E-state index in [1.54, 1.807) is 19.1 Å². The molecule has 0 bridgehead atoms. The van der Waals surface area contributed by atoms with E-state index >= 15 is 0 Å². The molecule has 2 aromatic rings. The Morgan fingerprint density at radius 1 is 1.21 bits per heavy atom. The van der Waals surface area contributed by atoms with Crippen molar-refractivity contribution in [1.82, 2.24) is 14.9 Å². The SMILES string of the molecule is C[C@H](NC(=O)COC(=O)Cn1ccc(=O)[nH]c1=O)c1ccc2c(c1)OCCO2. The number of amides is 1. The average molecular weight is 389 g/mol. The van der Waals surface area contributed by atoms with Crippen LogP contribution in [0.4, 0.5) is 0 Å². The van der Waals surface area contributed by atoms with E-state index in [4.69, 9.17) is 14.2 Å². The zero-order valence-corrected chi connectivity index (χ0v) is 15.1. The van der Waals surface area contributed by atoms with Crippen molar-refractivity contribution in [2.75, 3.05) is 19.8 Å². The number of fused-ring (bicyclic) bond motifs is 1. The number of aromatic amines is 1. The number of nitrogens with one attached hydrogen (secondary N) is 2. The van der Waals surface area contributed by atoms with Gasteiger partial charge < -0.3 is 19.5 Å². The fourth-order valence-corrected chi connectivity index (χ4v) is 2.60. The maximum Gasteiger partial charge on any atom is 0.328 e. The number of hydrogen-bond donors (Lipinski definition) is 2. The summed E-state index contributed by atoms with van der Waals surface area (Å²) in [6, 6.07) is 6.13. The van der Waals surface area contributed by atoms with Crippen LogP contribution in [0.2, 0.25) is 0 Å². The van der Waals surface area contributed by atoms with Gasteiger partial charge >= 0.3 is 11.7 Å². The molecule has 2 heterocycles. The Bertz CT molecular complexity index is 995. The normalized spacial score (nSPS) is 13.5. The van der Waals surface area contributed by atoms with Crippen LogP contribution in [0.5, 0.6) is 11.5 Å². The molecule has 1 amide bonds. The van der Waals surface area contributed by atoms with Crippen molar-refractivity contribution in [2.24, 2.45) is 0 Å². The molecule has 0 saturated heterocycles. The third kappa shape index (κ3) is 4.78. The molecule has 1 atom stereocenters. The van der Waals surface area contributed by atoms with E-state index in [9.17, 15) is 19.2 Å². The summed E-state index contributed by atoms with van der Waals surface area (Å²) < 4.78 is 16.8. The first kappa shape index (κ1) is 19.2. The van der Waals surface area contributed by atoms with Gasteiger partial charge in [-0.1, -0.05) is 6.07 Å². The van der Waals surface area contributed by atoms with Crippen LogP contribution >= 0.6 is 0 Å². The third-order valence-electron chi connectivity index (χ3n) is 4.00. The Morgan fingerprint density at radius 3 is 2.71 bits per heavy atom. The Balaban J connectivity index is 1.50. The molecule has 0 unspecified atom stereocenters. The minimum atomic E-state index is -0.781. The van der Waals surface area contributed by atoms with Crippen LogP contribution in [0, 0.1) is 0 Å². The first-order chi connectivity index (χ1) is 13.4. The largest absolute Gasteiger partial charge is 0.486 e. The molecule has 28 heavy (non-hydrogen) atoms. The summed E-state index contributed by atoms with van der Waals surface area (Å²) >= 11 is 0. The van der Waals surface area contributed by atoms with Crippen LogP contribution in [-0.2, 0) is 20.9 Å². The lowest BCUT2D eigenvalue weighted by atomic mass is 10.1. The van der Waals surface area contributed by atoms with Crippen LogP contribution in [-0.4, -0.2) is 41.2 Å². The first-order valence-electron chi connectivity index (χ1n) is 8.56. The quantitative estimate of drug-likeness (QED) is 0.651. The van der Waals surface area contributed by atoms with Crippen LogP contribution in [0.25, 0.3) is 0 Å². The molecule has 3 rings (SSSR count). The van der Waals surface area contributed by atoms with Crippen LogP contribution in [0.15, 0.2) is 40.1 Å². The Labute approximate surface area is 159 Å². The molecule has 148 valence electrons. The van der Waals surface area contributed by atoms with E-state index < -0.39 is 36.3 Å². The predicted octanol–water partition coefficient (Wildman–Crippen LogP) is -0.272. The van der Waals surface area contributed by atoms with E-state index in [1.165, 1.54) is 6.20 Å². The van der Waals surface area contributed by atoms with Crippen molar-refractivity contribution in [3.63, 3.8) is 0 Å². The van der Waals surface area contributed by atoms with E-state index in [2.05, 4.69) is 5.32 Å². The van der Waals surface area contributed by atoms with Gasteiger partial charge in [0.05, 0.1) is 6.04 Å². The molecule has 0 radical (unpaired) electrons. The lowest BCUT2D eigenvalue weighted by Crippen LogP contribution is -2.34. The lowest BCUT2D eigenvalue weighted by Gasteiger charge is -2.21. The van der Waals surface area contributed by atoms with Crippen molar-refractivity contribution in [3.8, 4) is 11.5 Å². The van der Waals surface area contributed by atoms with E-state index in [1.807, 2.05) is 11.1 Å². The molecule has 1 aliphatic rings. The fourth-order valence-electron chi connectivity index (χ4n) is 2.60. The smallest absolute Gasteiger partial charge is 0.328 e. The number of carbonyl (C=O) groups excluding carboxylic acids is 2. The van der Waals surface area contributed by atoms with Gasteiger partial charge in [-0.3, -0.25) is 23.9 Å². The zero-order chi connectivity index (χ0) is 20.1. The van der Waals surface area contributed by atoms with Crippen molar-refractivity contribution >= 4 is 11.9 Å². The molecule has 0 spiro atoms. The molecule has 1 aliphatic heterocycles. The highest BCUT2D eigenvalue weighted by Crippen LogP contribution is 2.32. The number of rotatable bonds is 6. The Hall–Kier alpha value is -3.56. The van der Waals surface area contributed by atoms with Crippen molar-refractivity contribution < 1.29 is 23.8 Å². The number of ether oxygens (including phenoxy) is 3. The van der Waals surface area contributed by atoms with Gasteiger partial charge in [-0.2, -0.15) is 0 Å². The van der Waals surface area contributed by atoms with Gasteiger partial charge in [-0.25, -0.2) is 4.79 Å².